The Bertz CT molecular complexity index is 388. The largest absolute Gasteiger partial charge is 0.303 e. The van der Waals surface area contributed by atoms with Crippen LogP contribution < -0.4 is 0 Å². The minimum absolute atomic E-state index is 0.131. The summed E-state index contributed by atoms with van der Waals surface area (Å²) in [6.45, 7) is 5.88. The van der Waals surface area contributed by atoms with Crippen molar-refractivity contribution >= 4 is 17.9 Å². The van der Waals surface area contributed by atoms with E-state index in [0.29, 0.717) is 17.9 Å². The molecule has 0 aliphatic rings. The van der Waals surface area contributed by atoms with Crippen LogP contribution in [0.25, 0.3) is 0 Å². The van der Waals surface area contributed by atoms with Crippen molar-refractivity contribution < 1.29 is 9.18 Å². The fourth-order valence-electron chi connectivity index (χ4n) is 1.60. The number of hydrogen-bond acceptors (Lipinski definition) is 1. The maximum Gasteiger partial charge on any atom is 0.145 e. The second-order valence-corrected chi connectivity index (χ2v) is 4.77. The Morgan fingerprint density at radius 2 is 2.00 bits per heavy atom. The van der Waals surface area contributed by atoms with Crippen molar-refractivity contribution in [3.05, 3.63) is 34.1 Å². The molecule has 0 aliphatic carbocycles. The molecule has 0 N–H and O–H groups in total. The number of carbonyl (C=O) groups excluding carboxylic acids is 1. The van der Waals surface area contributed by atoms with Crippen molar-refractivity contribution in [1.29, 1.82) is 0 Å². The molecular weight excluding hydrogens is 227 g/mol. The standard InChI is InChI=1S/C13H16ClFO/c1-8(2)10-6-11(9(3)4-5-16)13(15)12(14)7-10/h5-9H,4H2,1-3H3. The smallest absolute Gasteiger partial charge is 0.145 e. The molecule has 88 valence electrons. The van der Waals surface area contributed by atoms with E-state index in [-0.39, 0.29) is 10.9 Å². The van der Waals surface area contributed by atoms with Gasteiger partial charge in [-0.3, -0.25) is 0 Å². The van der Waals surface area contributed by atoms with Gasteiger partial charge in [0.2, 0.25) is 0 Å². The molecule has 16 heavy (non-hydrogen) atoms. The first-order chi connectivity index (χ1) is 7.47. The molecule has 1 aromatic rings. The summed E-state index contributed by atoms with van der Waals surface area (Å²) in [5, 5.41) is 0.138. The summed E-state index contributed by atoms with van der Waals surface area (Å²) in [6.07, 6.45) is 1.12. The van der Waals surface area contributed by atoms with Gasteiger partial charge in [0, 0.05) is 6.42 Å². The summed E-state index contributed by atoms with van der Waals surface area (Å²) in [5.74, 6) is -0.241. The average Bonchev–Trinajstić information content (AvgIpc) is 2.21. The fourth-order valence-corrected chi connectivity index (χ4v) is 1.83. The van der Waals surface area contributed by atoms with E-state index in [0.717, 1.165) is 11.8 Å². The number of halogens is 2. The van der Waals surface area contributed by atoms with Crippen LogP contribution in [0.3, 0.4) is 0 Å². The zero-order chi connectivity index (χ0) is 12.3. The quantitative estimate of drug-likeness (QED) is 0.720. The molecule has 0 heterocycles. The van der Waals surface area contributed by atoms with Gasteiger partial charge < -0.3 is 4.79 Å². The Morgan fingerprint density at radius 1 is 1.38 bits per heavy atom. The Labute approximate surface area is 101 Å². The van der Waals surface area contributed by atoms with Crippen LogP contribution >= 0.6 is 11.6 Å². The van der Waals surface area contributed by atoms with E-state index in [1.54, 1.807) is 12.1 Å². The molecule has 1 aromatic carbocycles. The van der Waals surface area contributed by atoms with Crippen molar-refractivity contribution in [2.45, 2.75) is 39.0 Å². The number of aldehydes is 1. The molecule has 0 bridgehead atoms. The van der Waals surface area contributed by atoms with Crippen molar-refractivity contribution in [2.75, 3.05) is 0 Å². The SMILES string of the molecule is CC(C)c1cc(Cl)c(F)c(C(C)CC=O)c1. The average molecular weight is 243 g/mol. The van der Waals surface area contributed by atoms with Crippen LogP contribution in [0.2, 0.25) is 5.02 Å². The molecule has 0 amide bonds. The van der Waals surface area contributed by atoms with E-state index in [2.05, 4.69) is 0 Å². The van der Waals surface area contributed by atoms with Crippen LogP contribution in [0.15, 0.2) is 12.1 Å². The first-order valence-corrected chi connectivity index (χ1v) is 5.77. The maximum absolute atomic E-state index is 13.8. The molecule has 0 radical (unpaired) electrons. The molecule has 1 rings (SSSR count). The van der Waals surface area contributed by atoms with E-state index in [1.165, 1.54) is 0 Å². The van der Waals surface area contributed by atoms with Crippen molar-refractivity contribution in [3.63, 3.8) is 0 Å². The van der Waals surface area contributed by atoms with E-state index < -0.39 is 5.82 Å². The van der Waals surface area contributed by atoms with E-state index in [9.17, 15) is 9.18 Å². The molecule has 0 fully saturated rings. The number of benzene rings is 1. The highest BCUT2D eigenvalue weighted by molar-refractivity contribution is 6.30. The number of hydrogen-bond donors (Lipinski definition) is 0. The molecule has 0 aliphatic heterocycles. The Balaban J connectivity index is 3.20. The van der Waals surface area contributed by atoms with Crippen LogP contribution in [0, 0.1) is 5.82 Å². The first kappa shape index (κ1) is 13.2. The lowest BCUT2D eigenvalue weighted by molar-refractivity contribution is -0.108. The highest BCUT2D eigenvalue weighted by Gasteiger charge is 2.16. The van der Waals surface area contributed by atoms with Crippen LogP contribution in [0.5, 0.6) is 0 Å². The van der Waals surface area contributed by atoms with Gasteiger partial charge in [0.05, 0.1) is 5.02 Å². The normalized spacial score (nSPS) is 12.9. The second kappa shape index (κ2) is 5.44. The second-order valence-electron chi connectivity index (χ2n) is 4.36. The highest BCUT2D eigenvalue weighted by atomic mass is 35.5. The van der Waals surface area contributed by atoms with Gasteiger partial charge in [-0.15, -0.1) is 0 Å². The molecule has 1 unspecified atom stereocenters. The van der Waals surface area contributed by atoms with Gasteiger partial charge in [-0.2, -0.15) is 0 Å². The third kappa shape index (κ3) is 2.82. The lowest BCUT2D eigenvalue weighted by Crippen LogP contribution is -2.01. The molecule has 3 heteroatoms. The van der Waals surface area contributed by atoms with Crippen LogP contribution in [-0.4, -0.2) is 6.29 Å². The van der Waals surface area contributed by atoms with Gasteiger partial charge in [-0.1, -0.05) is 38.4 Å². The third-order valence-electron chi connectivity index (χ3n) is 2.73. The van der Waals surface area contributed by atoms with Gasteiger partial charge >= 0.3 is 0 Å². The van der Waals surface area contributed by atoms with E-state index >= 15 is 0 Å². The van der Waals surface area contributed by atoms with E-state index in [4.69, 9.17) is 11.6 Å². The Morgan fingerprint density at radius 3 is 2.50 bits per heavy atom. The predicted molar refractivity (Wildman–Crippen MR) is 64.6 cm³/mol. The molecular formula is C13H16ClFO. The number of carbonyl (C=O) groups is 1. The number of rotatable bonds is 4. The summed E-state index contributed by atoms with van der Waals surface area (Å²) < 4.78 is 13.8. The van der Waals surface area contributed by atoms with Crippen molar-refractivity contribution in [2.24, 2.45) is 0 Å². The molecule has 0 aromatic heterocycles. The zero-order valence-corrected chi connectivity index (χ0v) is 10.5. The highest BCUT2D eigenvalue weighted by Crippen LogP contribution is 2.30. The molecule has 0 spiro atoms. The van der Waals surface area contributed by atoms with Crippen LogP contribution in [0.1, 0.15) is 50.2 Å². The predicted octanol–water partition coefficient (Wildman–Crippen LogP) is 4.30. The Kier molecular flexibility index (Phi) is 4.48. The third-order valence-corrected chi connectivity index (χ3v) is 3.00. The zero-order valence-electron chi connectivity index (χ0n) is 9.76. The molecule has 0 saturated carbocycles. The first-order valence-electron chi connectivity index (χ1n) is 5.39. The van der Waals surface area contributed by atoms with Gasteiger partial charge in [-0.05, 0) is 29.0 Å². The lowest BCUT2D eigenvalue weighted by atomic mass is 9.93. The van der Waals surface area contributed by atoms with Gasteiger partial charge in [0.15, 0.2) is 0 Å². The summed E-state index contributed by atoms with van der Waals surface area (Å²) in [6, 6.07) is 3.46. The monoisotopic (exact) mass is 242 g/mol. The Hall–Kier alpha value is -0.890. The molecule has 0 saturated heterocycles. The van der Waals surface area contributed by atoms with Gasteiger partial charge in [-0.25, -0.2) is 4.39 Å². The van der Waals surface area contributed by atoms with Crippen LogP contribution in [0.4, 0.5) is 4.39 Å². The molecule has 1 atom stereocenters. The molecule has 1 nitrogen and oxygen atoms in total. The van der Waals surface area contributed by atoms with Gasteiger partial charge in [0.1, 0.15) is 12.1 Å². The summed E-state index contributed by atoms with van der Waals surface area (Å²) >= 11 is 5.84. The summed E-state index contributed by atoms with van der Waals surface area (Å²) in [4.78, 5) is 10.4. The summed E-state index contributed by atoms with van der Waals surface area (Å²) in [7, 11) is 0. The van der Waals surface area contributed by atoms with E-state index in [1.807, 2.05) is 20.8 Å². The van der Waals surface area contributed by atoms with Gasteiger partial charge in [0.25, 0.3) is 0 Å². The van der Waals surface area contributed by atoms with Crippen molar-refractivity contribution in [1.82, 2.24) is 0 Å². The van der Waals surface area contributed by atoms with Crippen molar-refractivity contribution in [3.8, 4) is 0 Å². The minimum Gasteiger partial charge on any atom is -0.303 e. The maximum atomic E-state index is 13.8. The summed E-state index contributed by atoms with van der Waals surface area (Å²) in [5.41, 5.74) is 1.53. The van der Waals surface area contributed by atoms with Crippen LogP contribution in [-0.2, 0) is 4.79 Å². The topological polar surface area (TPSA) is 17.1 Å². The lowest BCUT2D eigenvalue weighted by Gasteiger charge is -2.14. The minimum atomic E-state index is -0.402. The fraction of sp³-hybridized carbons (Fsp3) is 0.462.